The van der Waals surface area contributed by atoms with Crippen molar-refractivity contribution in [2.75, 3.05) is 11.9 Å². The third kappa shape index (κ3) is 3.56. The zero-order valence-electron chi connectivity index (χ0n) is 11.7. The van der Waals surface area contributed by atoms with Gasteiger partial charge in [-0.2, -0.15) is 13.9 Å². The lowest BCUT2D eigenvalue weighted by Gasteiger charge is -2.06. The van der Waals surface area contributed by atoms with E-state index in [1.165, 1.54) is 6.20 Å². The molecule has 0 radical (unpaired) electrons. The van der Waals surface area contributed by atoms with Crippen molar-refractivity contribution in [3.05, 3.63) is 36.2 Å². The van der Waals surface area contributed by atoms with Gasteiger partial charge in [0.2, 0.25) is 0 Å². The van der Waals surface area contributed by atoms with Gasteiger partial charge in [-0.25, -0.2) is 9.48 Å². The van der Waals surface area contributed by atoms with Gasteiger partial charge in [-0.3, -0.25) is 0 Å². The number of urea groups is 1. The summed E-state index contributed by atoms with van der Waals surface area (Å²) in [5.74, 6) is 0. The van der Waals surface area contributed by atoms with Crippen LogP contribution in [0.4, 0.5) is 19.3 Å². The van der Waals surface area contributed by atoms with Crippen LogP contribution in [0, 0.1) is 6.92 Å². The number of nitrogens with one attached hydrogen (secondary N) is 2. The number of carbonyl (C=O) groups excluding carboxylic acids is 1. The van der Waals surface area contributed by atoms with Gasteiger partial charge in [-0.05, 0) is 31.5 Å². The molecule has 1 heterocycles. The number of hydrogen-bond donors (Lipinski definition) is 2. The van der Waals surface area contributed by atoms with Gasteiger partial charge in [0.05, 0.1) is 5.69 Å². The molecule has 0 spiro atoms. The van der Waals surface area contributed by atoms with E-state index in [9.17, 15) is 13.6 Å². The van der Waals surface area contributed by atoms with Crippen molar-refractivity contribution in [3.8, 4) is 11.1 Å². The maximum Gasteiger partial charge on any atom is 0.333 e. The van der Waals surface area contributed by atoms with Gasteiger partial charge in [0.15, 0.2) is 0 Å². The normalized spacial score (nSPS) is 10.7. The van der Waals surface area contributed by atoms with E-state index in [1.54, 1.807) is 31.2 Å². The highest BCUT2D eigenvalue weighted by molar-refractivity contribution is 5.89. The van der Waals surface area contributed by atoms with Crippen LogP contribution < -0.4 is 10.6 Å². The molecule has 0 bridgehead atoms. The molecule has 0 atom stereocenters. The lowest BCUT2D eigenvalue weighted by Crippen LogP contribution is -2.28. The number of amides is 2. The minimum atomic E-state index is -2.66. The van der Waals surface area contributed by atoms with E-state index >= 15 is 0 Å². The van der Waals surface area contributed by atoms with Gasteiger partial charge in [0, 0.05) is 24.0 Å². The van der Waals surface area contributed by atoms with Gasteiger partial charge in [0.1, 0.15) is 0 Å². The van der Waals surface area contributed by atoms with E-state index in [-0.39, 0.29) is 6.03 Å². The summed E-state index contributed by atoms with van der Waals surface area (Å²) in [7, 11) is 0. The molecule has 2 aromatic rings. The van der Waals surface area contributed by atoms with Gasteiger partial charge < -0.3 is 10.6 Å². The molecule has 2 rings (SSSR count). The quantitative estimate of drug-likeness (QED) is 0.908. The molecule has 0 saturated heterocycles. The van der Waals surface area contributed by atoms with Crippen molar-refractivity contribution in [1.82, 2.24) is 15.1 Å². The van der Waals surface area contributed by atoms with Crippen molar-refractivity contribution in [1.29, 1.82) is 0 Å². The van der Waals surface area contributed by atoms with Crippen LogP contribution in [-0.4, -0.2) is 22.4 Å². The topological polar surface area (TPSA) is 59.0 Å². The van der Waals surface area contributed by atoms with Crippen molar-refractivity contribution in [2.45, 2.75) is 20.4 Å². The van der Waals surface area contributed by atoms with E-state index in [2.05, 4.69) is 15.7 Å². The summed E-state index contributed by atoms with van der Waals surface area (Å²) in [6.07, 6.45) is 1.31. The predicted octanol–water partition coefficient (Wildman–Crippen LogP) is 3.40. The summed E-state index contributed by atoms with van der Waals surface area (Å²) in [6.45, 7) is 1.38. The maximum atomic E-state index is 12.6. The second-order valence-electron chi connectivity index (χ2n) is 4.45. The van der Waals surface area contributed by atoms with E-state index in [0.717, 1.165) is 5.56 Å². The summed E-state index contributed by atoms with van der Waals surface area (Å²) in [5.41, 5.74) is 2.56. The van der Waals surface area contributed by atoms with Crippen LogP contribution in [0.3, 0.4) is 0 Å². The van der Waals surface area contributed by atoms with Gasteiger partial charge in [-0.15, -0.1) is 0 Å². The molecular formula is C14H16F2N4O. The number of nitrogens with zero attached hydrogens (tertiary/aromatic N) is 2. The standard InChI is InChI=1S/C14H16F2N4O/c1-3-17-14(21)18-11-6-4-10(5-7-11)12-8-20(13(15)16)19-9(12)2/h4-8,13H,3H2,1-2H3,(H2,17,18,21). The number of benzene rings is 1. The predicted molar refractivity (Wildman–Crippen MR) is 76.3 cm³/mol. The molecule has 2 amide bonds. The number of aryl methyl sites for hydroxylation is 1. The first-order valence-corrected chi connectivity index (χ1v) is 6.50. The van der Waals surface area contributed by atoms with Crippen LogP contribution >= 0.6 is 0 Å². The molecule has 0 aliphatic rings. The Morgan fingerprint density at radius 3 is 2.52 bits per heavy atom. The minimum Gasteiger partial charge on any atom is -0.338 e. The first kappa shape index (κ1) is 15.0. The van der Waals surface area contributed by atoms with Crippen molar-refractivity contribution < 1.29 is 13.6 Å². The number of halogens is 2. The Morgan fingerprint density at radius 2 is 2.00 bits per heavy atom. The van der Waals surface area contributed by atoms with Gasteiger partial charge in [-0.1, -0.05) is 12.1 Å². The van der Waals surface area contributed by atoms with E-state index < -0.39 is 6.55 Å². The Hall–Kier alpha value is -2.44. The zero-order chi connectivity index (χ0) is 15.4. The monoisotopic (exact) mass is 294 g/mol. The molecule has 1 aromatic carbocycles. The highest BCUT2D eigenvalue weighted by atomic mass is 19.3. The fourth-order valence-corrected chi connectivity index (χ4v) is 1.93. The van der Waals surface area contributed by atoms with Crippen LogP contribution in [0.15, 0.2) is 30.5 Å². The molecule has 0 aliphatic carbocycles. The number of aromatic nitrogens is 2. The minimum absolute atomic E-state index is 0.285. The summed E-state index contributed by atoms with van der Waals surface area (Å²) in [6, 6.07) is 6.64. The average Bonchev–Trinajstić information content (AvgIpc) is 2.82. The molecule has 0 unspecified atom stereocenters. The number of rotatable bonds is 4. The highest BCUT2D eigenvalue weighted by Crippen LogP contribution is 2.25. The van der Waals surface area contributed by atoms with Crippen LogP contribution in [0.5, 0.6) is 0 Å². The molecule has 0 fully saturated rings. The Labute approximate surface area is 121 Å². The molecular weight excluding hydrogens is 278 g/mol. The van der Waals surface area contributed by atoms with Gasteiger partial charge >= 0.3 is 12.6 Å². The molecule has 7 heteroatoms. The molecule has 112 valence electrons. The molecule has 0 saturated carbocycles. The lowest BCUT2D eigenvalue weighted by molar-refractivity contribution is 0.0563. The van der Waals surface area contributed by atoms with Crippen LogP contribution in [0.1, 0.15) is 19.2 Å². The van der Waals surface area contributed by atoms with Crippen molar-refractivity contribution >= 4 is 11.7 Å². The Morgan fingerprint density at radius 1 is 1.33 bits per heavy atom. The summed E-state index contributed by atoms with van der Waals surface area (Å²) >= 11 is 0. The van der Waals surface area contributed by atoms with E-state index in [0.29, 0.717) is 28.2 Å². The third-order valence-corrected chi connectivity index (χ3v) is 2.91. The molecule has 1 aromatic heterocycles. The van der Waals surface area contributed by atoms with Gasteiger partial charge in [0.25, 0.3) is 0 Å². The van der Waals surface area contributed by atoms with Crippen LogP contribution in [-0.2, 0) is 0 Å². The van der Waals surface area contributed by atoms with E-state index in [4.69, 9.17) is 0 Å². The number of hydrogen-bond acceptors (Lipinski definition) is 2. The third-order valence-electron chi connectivity index (χ3n) is 2.91. The fraction of sp³-hybridized carbons (Fsp3) is 0.286. The van der Waals surface area contributed by atoms with Crippen LogP contribution in [0.25, 0.3) is 11.1 Å². The Kier molecular flexibility index (Phi) is 4.52. The van der Waals surface area contributed by atoms with E-state index in [1.807, 2.05) is 6.92 Å². The summed E-state index contributed by atoms with van der Waals surface area (Å²) in [5, 5.41) is 9.06. The number of alkyl halides is 2. The van der Waals surface area contributed by atoms with Crippen LogP contribution in [0.2, 0.25) is 0 Å². The highest BCUT2D eigenvalue weighted by Gasteiger charge is 2.12. The average molecular weight is 294 g/mol. The maximum absolute atomic E-state index is 12.6. The molecule has 2 N–H and O–H groups in total. The zero-order valence-corrected chi connectivity index (χ0v) is 11.7. The molecule has 21 heavy (non-hydrogen) atoms. The SMILES string of the molecule is CCNC(=O)Nc1ccc(-c2cn(C(F)F)nc2C)cc1. The first-order chi connectivity index (χ1) is 10.0. The largest absolute Gasteiger partial charge is 0.338 e. The fourth-order valence-electron chi connectivity index (χ4n) is 1.93. The molecule has 0 aliphatic heterocycles. The number of anilines is 1. The number of carbonyl (C=O) groups is 1. The Bertz CT molecular complexity index is 622. The second-order valence-corrected chi connectivity index (χ2v) is 4.45. The first-order valence-electron chi connectivity index (χ1n) is 6.50. The second kappa shape index (κ2) is 6.34. The smallest absolute Gasteiger partial charge is 0.333 e. The Balaban J connectivity index is 2.17. The lowest BCUT2D eigenvalue weighted by atomic mass is 10.1. The van der Waals surface area contributed by atoms with Crippen molar-refractivity contribution in [3.63, 3.8) is 0 Å². The summed E-state index contributed by atoms with van der Waals surface area (Å²) < 4.78 is 25.8. The van der Waals surface area contributed by atoms with Crippen molar-refractivity contribution in [2.24, 2.45) is 0 Å². The summed E-state index contributed by atoms with van der Waals surface area (Å²) in [4.78, 5) is 11.4. The molecule has 5 nitrogen and oxygen atoms in total.